The average Bonchev–Trinajstić information content (AvgIpc) is 3.02. The molecule has 0 amide bonds. The van der Waals surface area contributed by atoms with Gasteiger partial charge in [-0.1, -0.05) is 18.2 Å². The van der Waals surface area contributed by atoms with Crippen LogP contribution in [0.1, 0.15) is 22.8 Å². The van der Waals surface area contributed by atoms with Crippen molar-refractivity contribution >= 4 is 29.3 Å². The fourth-order valence-electron chi connectivity index (χ4n) is 2.51. The fraction of sp³-hybridized carbons (Fsp3) is 0.143. The molecule has 0 bridgehead atoms. The number of aromatic nitrogens is 1. The van der Waals surface area contributed by atoms with E-state index in [4.69, 9.17) is 9.47 Å². The largest absolute Gasteiger partial charge is 0.497 e. The van der Waals surface area contributed by atoms with Crippen LogP contribution in [0.4, 0.5) is 0 Å². The van der Waals surface area contributed by atoms with Gasteiger partial charge in [0.1, 0.15) is 11.5 Å². The third-order valence-electron chi connectivity index (χ3n) is 3.82. The van der Waals surface area contributed by atoms with Crippen molar-refractivity contribution in [2.45, 2.75) is 6.92 Å². The zero-order chi connectivity index (χ0) is 19.2. The van der Waals surface area contributed by atoms with Crippen molar-refractivity contribution in [2.75, 3.05) is 13.7 Å². The molecule has 0 spiro atoms. The van der Waals surface area contributed by atoms with Gasteiger partial charge in [-0.25, -0.2) is 0 Å². The van der Waals surface area contributed by atoms with Crippen LogP contribution in [0.3, 0.4) is 0 Å². The summed E-state index contributed by atoms with van der Waals surface area (Å²) >= 11 is 1.23. The van der Waals surface area contributed by atoms with Crippen molar-refractivity contribution in [2.24, 2.45) is 0 Å². The van der Waals surface area contributed by atoms with E-state index in [1.54, 1.807) is 37.5 Å². The smallest absolute Gasteiger partial charge is 0.266 e. The zero-order valence-electron chi connectivity index (χ0n) is 15.0. The van der Waals surface area contributed by atoms with Gasteiger partial charge in [0.05, 0.1) is 22.9 Å². The highest BCUT2D eigenvalue weighted by Gasteiger charge is 2.05. The number of H-pyrrole nitrogens is 1. The molecule has 0 unspecified atom stereocenters. The molecular weight excluding hydrogens is 362 g/mol. The van der Waals surface area contributed by atoms with Gasteiger partial charge in [0.15, 0.2) is 5.78 Å². The van der Waals surface area contributed by atoms with Gasteiger partial charge in [0, 0.05) is 17.2 Å². The highest BCUT2D eigenvalue weighted by Crippen LogP contribution is 2.18. The Hall–Kier alpha value is -3.12. The maximum Gasteiger partial charge on any atom is 0.266 e. The lowest BCUT2D eigenvalue weighted by molar-refractivity contribution is 0.106. The summed E-state index contributed by atoms with van der Waals surface area (Å²) in [5.41, 5.74) is 1.11. The predicted molar refractivity (Wildman–Crippen MR) is 107 cm³/mol. The number of hydrogen-bond acceptors (Lipinski definition) is 5. The van der Waals surface area contributed by atoms with E-state index >= 15 is 0 Å². The molecule has 2 aromatic carbocycles. The third-order valence-corrected chi connectivity index (χ3v) is 4.79. The minimum atomic E-state index is -0.236. The Morgan fingerprint density at radius 2 is 1.89 bits per heavy atom. The highest BCUT2D eigenvalue weighted by molar-refractivity contribution is 7.07. The topological polar surface area (TPSA) is 68.4 Å². The van der Waals surface area contributed by atoms with E-state index in [1.165, 1.54) is 17.4 Å². The normalized spacial score (nSPS) is 12.2. The van der Waals surface area contributed by atoms with Crippen molar-refractivity contribution in [1.29, 1.82) is 0 Å². The van der Waals surface area contributed by atoms with Crippen LogP contribution in [0.2, 0.25) is 0 Å². The van der Waals surface area contributed by atoms with Crippen LogP contribution in [0, 0.1) is 0 Å². The summed E-state index contributed by atoms with van der Waals surface area (Å²) in [7, 11) is 1.57. The molecule has 0 aliphatic heterocycles. The number of aromatic amines is 1. The van der Waals surface area contributed by atoms with Crippen molar-refractivity contribution < 1.29 is 14.3 Å². The number of carbonyl (C=O) groups excluding carboxylic acids is 1. The first kappa shape index (κ1) is 18.7. The van der Waals surface area contributed by atoms with Gasteiger partial charge in [-0.3, -0.25) is 9.59 Å². The number of thiazole rings is 1. The second-order valence-corrected chi connectivity index (χ2v) is 6.72. The maximum atomic E-state index is 12.4. The van der Waals surface area contributed by atoms with E-state index in [0.29, 0.717) is 32.9 Å². The molecule has 138 valence electrons. The van der Waals surface area contributed by atoms with Crippen LogP contribution in [-0.4, -0.2) is 24.5 Å². The number of carbonyl (C=O) groups is 1. The van der Waals surface area contributed by atoms with Gasteiger partial charge in [0.2, 0.25) is 0 Å². The number of hydrogen-bond donors (Lipinski definition) is 1. The SMILES string of the molecule is CCOc1ccccc1/C=c1\s/c(=C\C(=O)c2ccc(OC)cc2)[nH]c1=O. The molecule has 5 nitrogen and oxygen atoms in total. The predicted octanol–water partition coefficient (Wildman–Crippen LogP) is 2.34. The zero-order valence-corrected chi connectivity index (χ0v) is 15.8. The first-order valence-electron chi connectivity index (χ1n) is 8.43. The van der Waals surface area contributed by atoms with E-state index in [9.17, 15) is 9.59 Å². The van der Waals surface area contributed by atoms with Crippen LogP contribution in [0.5, 0.6) is 11.5 Å². The number of ketones is 1. The molecule has 0 radical (unpaired) electrons. The molecule has 0 fully saturated rings. The van der Waals surface area contributed by atoms with Crippen molar-refractivity contribution in [1.82, 2.24) is 4.98 Å². The third kappa shape index (κ3) is 4.54. The lowest BCUT2D eigenvalue weighted by atomic mass is 10.1. The van der Waals surface area contributed by atoms with Crippen LogP contribution in [0.25, 0.3) is 12.2 Å². The molecule has 0 aliphatic carbocycles. The molecule has 0 saturated carbocycles. The second-order valence-electron chi connectivity index (χ2n) is 5.64. The van der Waals surface area contributed by atoms with Crippen LogP contribution >= 0.6 is 11.3 Å². The average molecular weight is 381 g/mol. The first-order chi connectivity index (χ1) is 13.1. The number of ether oxygens (including phenoxy) is 2. The summed E-state index contributed by atoms with van der Waals surface area (Å²) in [6, 6.07) is 14.3. The molecule has 3 rings (SSSR count). The Morgan fingerprint density at radius 1 is 1.15 bits per heavy atom. The first-order valence-corrected chi connectivity index (χ1v) is 9.25. The van der Waals surface area contributed by atoms with E-state index < -0.39 is 0 Å². The highest BCUT2D eigenvalue weighted by atomic mass is 32.1. The summed E-state index contributed by atoms with van der Waals surface area (Å²) in [6.45, 7) is 2.45. The van der Waals surface area contributed by atoms with Crippen molar-refractivity contribution in [3.8, 4) is 11.5 Å². The maximum absolute atomic E-state index is 12.4. The number of rotatable bonds is 6. The van der Waals surface area contributed by atoms with Gasteiger partial charge < -0.3 is 14.5 Å². The summed E-state index contributed by atoms with van der Waals surface area (Å²) in [4.78, 5) is 27.4. The van der Waals surface area contributed by atoms with E-state index in [1.807, 2.05) is 31.2 Å². The van der Waals surface area contributed by atoms with E-state index in [-0.39, 0.29) is 11.3 Å². The molecule has 6 heteroatoms. The lowest BCUT2D eigenvalue weighted by Gasteiger charge is -2.05. The van der Waals surface area contributed by atoms with Gasteiger partial charge in [-0.2, -0.15) is 0 Å². The summed E-state index contributed by atoms with van der Waals surface area (Å²) in [5, 5.41) is 0. The fourth-order valence-corrected chi connectivity index (χ4v) is 3.39. The lowest BCUT2D eigenvalue weighted by Crippen LogP contribution is -2.20. The Bertz CT molecular complexity index is 1110. The molecule has 0 aliphatic rings. The van der Waals surface area contributed by atoms with Crippen molar-refractivity contribution in [3.05, 3.63) is 79.2 Å². The molecule has 0 atom stereocenters. The second kappa shape index (κ2) is 8.51. The van der Waals surface area contributed by atoms with Gasteiger partial charge in [-0.05, 0) is 43.3 Å². The minimum Gasteiger partial charge on any atom is -0.497 e. The van der Waals surface area contributed by atoms with Gasteiger partial charge in [-0.15, -0.1) is 11.3 Å². The standard InChI is InChI=1S/C21H19NO4S/c1-3-26-18-7-5-4-6-15(18)12-19-21(24)22-20(27-19)13-17(23)14-8-10-16(25-2)11-9-14/h4-13H,3H2,1-2H3,(H,22,24)/b19-12-,20-13-. The van der Waals surface area contributed by atoms with E-state index in [2.05, 4.69) is 4.98 Å². The van der Waals surface area contributed by atoms with Crippen LogP contribution < -0.4 is 24.2 Å². The summed E-state index contributed by atoms with van der Waals surface area (Å²) in [5.74, 6) is 1.21. The number of nitrogens with one attached hydrogen (secondary N) is 1. The summed E-state index contributed by atoms with van der Waals surface area (Å²) in [6.07, 6.45) is 3.20. The number of para-hydroxylation sites is 1. The molecule has 0 saturated heterocycles. The Labute approximate surface area is 160 Å². The quantitative estimate of drug-likeness (QED) is 0.666. The molecular formula is C21H19NO4S. The minimum absolute atomic E-state index is 0.184. The number of benzene rings is 2. The Morgan fingerprint density at radius 3 is 2.59 bits per heavy atom. The molecule has 1 heterocycles. The Balaban J connectivity index is 1.95. The monoisotopic (exact) mass is 381 g/mol. The van der Waals surface area contributed by atoms with Gasteiger partial charge >= 0.3 is 0 Å². The Kier molecular flexibility index (Phi) is 5.88. The van der Waals surface area contributed by atoms with Gasteiger partial charge in [0.25, 0.3) is 5.56 Å². The molecule has 1 N–H and O–H groups in total. The van der Waals surface area contributed by atoms with E-state index in [0.717, 1.165) is 5.56 Å². The van der Waals surface area contributed by atoms with Crippen molar-refractivity contribution in [3.63, 3.8) is 0 Å². The van der Waals surface area contributed by atoms with Crippen LogP contribution in [0.15, 0.2) is 53.3 Å². The molecule has 3 aromatic rings. The number of Topliss-reactive ketones (excluding diaryl/α,β-unsaturated/α-hetero) is 1. The summed E-state index contributed by atoms with van der Waals surface area (Å²) < 4.78 is 11.7. The molecule has 1 aromatic heterocycles. The van der Waals surface area contributed by atoms with Crippen LogP contribution in [-0.2, 0) is 0 Å². The number of methoxy groups -OCH3 is 1. The molecule has 27 heavy (non-hydrogen) atoms.